The number of hydrogen-bond acceptors (Lipinski definition) is 3. The Labute approximate surface area is 127 Å². The summed E-state index contributed by atoms with van der Waals surface area (Å²) in [7, 11) is 0. The zero-order valence-corrected chi connectivity index (χ0v) is 12.1. The van der Waals surface area contributed by atoms with Gasteiger partial charge in [-0.2, -0.15) is 13.2 Å². The standard InChI is InChI=1S/C15H19F3N2O2/c16-15(17,18)14(6-8-19-9-7-14)11-20-13(21)22-10-12-4-2-1-3-5-12/h1-5,19H,6-11H2,(H,20,21). The third-order valence-corrected chi connectivity index (χ3v) is 3.95. The van der Waals surface area contributed by atoms with E-state index in [1.165, 1.54) is 0 Å². The SMILES string of the molecule is O=C(NCC1(C(F)(F)F)CCNCC1)OCc1ccccc1. The predicted octanol–water partition coefficient (Wildman–Crippen LogP) is 2.84. The Balaban J connectivity index is 1.85. The molecule has 1 aliphatic heterocycles. The number of halogens is 3. The Morgan fingerprint density at radius 2 is 1.86 bits per heavy atom. The van der Waals surface area contributed by atoms with Gasteiger partial charge in [0.2, 0.25) is 0 Å². The second-order valence-corrected chi connectivity index (χ2v) is 5.44. The molecular weight excluding hydrogens is 297 g/mol. The van der Waals surface area contributed by atoms with Crippen molar-refractivity contribution in [1.29, 1.82) is 0 Å². The summed E-state index contributed by atoms with van der Waals surface area (Å²) in [5.74, 6) is 0. The van der Waals surface area contributed by atoms with Gasteiger partial charge in [-0.3, -0.25) is 0 Å². The molecule has 2 N–H and O–H groups in total. The number of alkyl halides is 3. The zero-order chi connectivity index (χ0) is 16.1. The van der Waals surface area contributed by atoms with Crippen LogP contribution >= 0.6 is 0 Å². The average Bonchev–Trinajstić information content (AvgIpc) is 2.52. The lowest BCUT2D eigenvalue weighted by Gasteiger charge is -2.39. The summed E-state index contributed by atoms with van der Waals surface area (Å²) in [6, 6.07) is 8.97. The van der Waals surface area contributed by atoms with Crippen LogP contribution in [0.4, 0.5) is 18.0 Å². The molecule has 0 aliphatic carbocycles. The van der Waals surface area contributed by atoms with Crippen molar-refractivity contribution in [2.45, 2.75) is 25.6 Å². The normalized spacial score (nSPS) is 17.8. The van der Waals surface area contributed by atoms with Crippen molar-refractivity contribution in [3.8, 4) is 0 Å². The number of piperidine rings is 1. The molecule has 2 rings (SSSR count). The van der Waals surface area contributed by atoms with Crippen molar-refractivity contribution < 1.29 is 22.7 Å². The lowest BCUT2D eigenvalue weighted by Crippen LogP contribution is -2.52. The zero-order valence-electron chi connectivity index (χ0n) is 12.1. The van der Waals surface area contributed by atoms with Crippen LogP contribution in [0.1, 0.15) is 18.4 Å². The van der Waals surface area contributed by atoms with Crippen molar-refractivity contribution in [3.05, 3.63) is 35.9 Å². The summed E-state index contributed by atoms with van der Waals surface area (Å²) in [6.45, 7) is 0.166. The average molecular weight is 316 g/mol. The van der Waals surface area contributed by atoms with Gasteiger partial charge in [-0.25, -0.2) is 4.79 Å². The van der Waals surface area contributed by atoms with Gasteiger partial charge >= 0.3 is 12.3 Å². The quantitative estimate of drug-likeness (QED) is 0.898. The van der Waals surface area contributed by atoms with Crippen molar-refractivity contribution >= 4 is 6.09 Å². The van der Waals surface area contributed by atoms with Gasteiger partial charge in [0.25, 0.3) is 0 Å². The van der Waals surface area contributed by atoms with E-state index in [-0.39, 0.29) is 19.4 Å². The molecule has 1 aromatic carbocycles. The Morgan fingerprint density at radius 3 is 2.45 bits per heavy atom. The number of carbonyl (C=O) groups is 1. The first-order chi connectivity index (χ1) is 10.4. The fourth-order valence-corrected chi connectivity index (χ4v) is 2.48. The molecule has 1 heterocycles. The fourth-order valence-electron chi connectivity index (χ4n) is 2.48. The second kappa shape index (κ2) is 7.00. The van der Waals surface area contributed by atoms with Crippen LogP contribution in [0.2, 0.25) is 0 Å². The maximum atomic E-state index is 13.3. The minimum Gasteiger partial charge on any atom is -0.445 e. The van der Waals surface area contributed by atoms with Gasteiger partial charge in [0, 0.05) is 6.54 Å². The summed E-state index contributed by atoms with van der Waals surface area (Å²) >= 11 is 0. The Kier molecular flexibility index (Phi) is 5.28. The van der Waals surface area contributed by atoms with Crippen LogP contribution in [0.15, 0.2) is 30.3 Å². The molecule has 0 radical (unpaired) electrons. The summed E-state index contributed by atoms with van der Waals surface area (Å²) in [4.78, 5) is 11.6. The maximum absolute atomic E-state index is 13.3. The van der Waals surface area contributed by atoms with E-state index in [1.54, 1.807) is 24.3 Å². The van der Waals surface area contributed by atoms with E-state index in [2.05, 4.69) is 10.6 Å². The van der Waals surface area contributed by atoms with Gasteiger partial charge in [-0.15, -0.1) is 0 Å². The van der Waals surface area contributed by atoms with Crippen LogP contribution in [-0.4, -0.2) is 31.9 Å². The monoisotopic (exact) mass is 316 g/mol. The number of carbonyl (C=O) groups excluding carboxylic acids is 1. The molecule has 7 heteroatoms. The van der Waals surface area contributed by atoms with Crippen LogP contribution in [0.5, 0.6) is 0 Å². The van der Waals surface area contributed by atoms with Crippen LogP contribution < -0.4 is 10.6 Å². The van der Waals surface area contributed by atoms with E-state index in [4.69, 9.17) is 4.74 Å². The molecule has 1 aliphatic rings. The van der Waals surface area contributed by atoms with Gasteiger partial charge in [-0.05, 0) is 31.5 Å². The van der Waals surface area contributed by atoms with Gasteiger partial charge in [0.15, 0.2) is 0 Å². The number of benzene rings is 1. The van der Waals surface area contributed by atoms with Gasteiger partial charge in [0.05, 0.1) is 5.41 Å². The molecule has 22 heavy (non-hydrogen) atoms. The van der Waals surface area contributed by atoms with Crippen LogP contribution in [0, 0.1) is 5.41 Å². The summed E-state index contributed by atoms with van der Waals surface area (Å²) in [5.41, 5.74) is -1.09. The number of hydrogen-bond donors (Lipinski definition) is 2. The fraction of sp³-hybridized carbons (Fsp3) is 0.533. The first-order valence-corrected chi connectivity index (χ1v) is 7.15. The number of nitrogens with one attached hydrogen (secondary N) is 2. The third kappa shape index (κ3) is 4.13. The lowest BCUT2D eigenvalue weighted by atomic mass is 9.78. The first kappa shape index (κ1) is 16.6. The smallest absolute Gasteiger partial charge is 0.407 e. The highest BCUT2D eigenvalue weighted by molar-refractivity contribution is 5.67. The number of amides is 1. The Hall–Kier alpha value is -1.76. The number of ether oxygens (including phenoxy) is 1. The van der Waals surface area contributed by atoms with E-state index in [0.29, 0.717) is 13.1 Å². The maximum Gasteiger partial charge on any atom is 0.407 e. The molecule has 1 amide bonds. The minimum absolute atomic E-state index is 0.0350. The first-order valence-electron chi connectivity index (χ1n) is 7.15. The third-order valence-electron chi connectivity index (χ3n) is 3.95. The molecule has 0 spiro atoms. The summed E-state index contributed by atoms with van der Waals surface area (Å²) < 4.78 is 44.8. The Bertz CT molecular complexity index is 485. The largest absolute Gasteiger partial charge is 0.445 e. The molecule has 0 unspecified atom stereocenters. The van der Waals surface area contributed by atoms with Gasteiger partial charge in [0.1, 0.15) is 6.61 Å². The van der Waals surface area contributed by atoms with E-state index in [9.17, 15) is 18.0 Å². The Morgan fingerprint density at radius 1 is 1.23 bits per heavy atom. The van der Waals surface area contributed by atoms with Crippen molar-refractivity contribution in [3.63, 3.8) is 0 Å². The van der Waals surface area contributed by atoms with E-state index >= 15 is 0 Å². The minimum atomic E-state index is -4.35. The van der Waals surface area contributed by atoms with E-state index in [1.807, 2.05) is 6.07 Å². The number of alkyl carbamates (subject to hydrolysis) is 1. The molecule has 122 valence electrons. The van der Waals surface area contributed by atoms with Crippen LogP contribution in [0.3, 0.4) is 0 Å². The molecule has 0 bridgehead atoms. The number of rotatable bonds is 4. The topological polar surface area (TPSA) is 50.4 Å². The second-order valence-electron chi connectivity index (χ2n) is 5.44. The van der Waals surface area contributed by atoms with Crippen molar-refractivity contribution in [1.82, 2.24) is 10.6 Å². The molecule has 0 atom stereocenters. The van der Waals surface area contributed by atoms with E-state index < -0.39 is 24.2 Å². The summed E-state index contributed by atoms with van der Waals surface area (Å²) in [6.07, 6.45) is -5.27. The molecule has 4 nitrogen and oxygen atoms in total. The van der Waals surface area contributed by atoms with Crippen molar-refractivity contribution in [2.24, 2.45) is 5.41 Å². The van der Waals surface area contributed by atoms with Crippen molar-refractivity contribution in [2.75, 3.05) is 19.6 Å². The lowest BCUT2D eigenvalue weighted by molar-refractivity contribution is -0.230. The van der Waals surface area contributed by atoms with Gasteiger partial charge in [-0.1, -0.05) is 30.3 Å². The summed E-state index contributed by atoms with van der Waals surface area (Å²) in [5, 5.41) is 5.16. The molecule has 1 saturated heterocycles. The molecule has 0 saturated carbocycles. The van der Waals surface area contributed by atoms with Gasteiger partial charge < -0.3 is 15.4 Å². The van der Waals surface area contributed by atoms with Crippen LogP contribution in [-0.2, 0) is 11.3 Å². The molecule has 1 fully saturated rings. The highest BCUT2D eigenvalue weighted by atomic mass is 19.4. The predicted molar refractivity (Wildman–Crippen MR) is 75.2 cm³/mol. The van der Waals surface area contributed by atoms with Crippen LogP contribution in [0.25, 0.3) is 0 Å². The highest BCUT2D eigenvalue weighted by Crippen LogP contribution is 2.44. The molecule has 0 aromatic heterocycles. The molecule has 1 aromatic rings. The molecular formula is C15H19F3N2O2. The highest BCUT2D eigenvalue weighted by Gasteiger charge is 2.54. The van der Waals surface area contributed by atoms with E-state index in [0.717, 1.165) is 5.56 Å².